The number of allylic oxidation sites excluding steroid dienone is 4. The van der Waals surface area contributed by atoms with Gasteiger partial charge in [0.1, 0.15) is 10.8 Å². The highest BCUT2D eigenvalue weighted by Gasteiger charge is 2.19. The molecule has 1 aliphatic carbocycles. The zero-order valence-corrected chi connectivity index (χ0v) is 14.1. The van der Waals surface area contributed by atoms with Crippen molar-refractivity contribution in [2.45, 2.75) is 46.0 Å². The van der Waals surface area contributed by atoms with Gasteiger partial charge in [0.15, 0.2) is 5.82 Å². The van der Waals surface area contributed by atoms with Crippen molar-refractivity contribution in [3.8, 4) is 5.75 Å². The lowest BCUT2D eigenvalue weighted by Gasteiger charge is -2.22. The van der Waals surface area contributed by atoms with Crippen molar-refractivity contribution >= 4 is 17.2 Å². The van der Waals surface area contributed by atoms with Gasteiger partial charge in [-0.1, -0.05) is 29.8 Å². The van der Waals surface area contributed by atoms with Crippen LogP contribution in [0.15, 0.2) is 30.4 Å². The summed E-state index contributed by atoms with van der Waals surface area (Å²) in [6, 6.07) is 3.56. The quantitative estimate of drug-likeness (QED) is 0.549. The van der Waals surface area contributed by atoms with Crippen LogP contribution < -0.4 is 4.74 Å². The van der Waals surface area contributed by atoms with Gasteiger partial charge in [-0.25, -0.2) is 4.39 Å². The van der Waals surface area contributed by atoms with Crippen LogP contribution in [0.1, 0.15) is 51.5 Å². The molecule has 0 spiro atoms. The molecule has 1 unspecified atom stereocenters. The van der Waals surface area contributed by atoms with Gasteiger partial charge in [0.05, 0.1) is 6.61 Å². The molecule has 1 aromatic rings. The third-order valence-electron chi connectivity index (χ3n) is 4.19. The summed E-state index contributed by atoms with van der Waals surface area (Å²) in [6.07, 6.45) is 11.9. The second kappa shape index (κ2) is 8.38. The Bertz CT molecular complexity index is 563. The molecule has 0 N–H and O–H groups in total. The molecule has 0 saturated heterocycles. The topological polar surface area (TPSA) is 9.23 Å². The van der Waals surface area contributed by atoms with Crippen molar-refractivity contribution in [1.29, 1.82) is 0 Å². The van der Waals surface area contributed by atoms with Gasteiger partial charge in [-0.2, -0.15) is 0 Å². The van der Waals surface area contributed by atoms with E-state index in [1.54, 1.807) is 12.1 Å². The van der Waals surface area contributed by atoms with Gasteiger partial charge < -0.3 is 4.74 Å². The molecule has 0 aliphatic heterocycles. The summed E-state index contributed by atoms with van der Waals surface area (Å²) in [5.41, 5.74) is 1.70. The Balaban J connectivity index is 2.08. The fourth-order valence-corrected chi connectivity index (χ4v) is 3.16. The Morgan fingerprint density at radius 1 is 1.41 bits per heavy atom. The van der Waals surface area contributed by atoms with Gasteiger partial charge in [-0.3, -0.25) is 0 Å². The Labute approximate surface area is 137 Å². The molecule has 0 amide bonds. The first-order chi connectivity index (χ1) is 10.7. The number of ether oxygens (including phenoxy) is 1. The highest BCUT2D eigenvalue weighted by Crippen LogP contribution is 2.37. The van der Waals surface area contributed by atoms with E-state index in [0.29, 0.717) is 23.8 Å². The molecule has 1 aromatic carbocycles. The van der Waals surface area contributed by atoms with Crippen LogP contribution >= 0.6 is 11.6 Å². The van der Waals surface area contributed by atoms with Gasteiger partial charge in [0, 0.05) is 5.56 Å². The molecule has 0 bridgehead atoms. The number of hydrogen-bond acceptors (Lipinski definition) is 1. The van der Waals surface area contributed by atoms with Crippen LogP contribution in [-0.4, -0.2) is 6.61 Å². The van der Waals surface area contributed by atoms with Gasteiger partial charge in [0.25, 0.3) is 0 Å². The first kappa shape index (κ1) is 17.1. The average molecular weight is 323 g/mol. The molecule has 2 rings (SSSR count). The van der Waals surface area contributed by atoms with Gasteiger partial charge >= 0.3 is 0 Å². The molecule has 22 heavy (non-hydrogen) atoms. The third-order valence-corrected chi connectivity index (χ3v) is 4.54. The maximum absolute atomic E-state index is 14.5. The highest BCUT2D eigenvalue weighted by molar-refractivity contribution is 6.32. The molecular weight excluding hydrogens is 299 g/mol. The van der Waals surface area contributed by atoms with Crippen molar-refractivity contribution in [1.82, 2.24) is 0 Å². The molecule has 0 heterocycles. The van der Waals surface area contributed by atoms with Crippen LogP contribution in [0.5, 0.6) is 5.75 Å². The Kier molecular flexibility index (Phi) is 6.50. The molecule has 3 heteroatoms. The second-order valence-corrected chi connectivity index (χ2v) is 6.07. The van der Waals surface area contributed by atoms with Crippen LogP contribution in [0.4, 0.5) is 4.39 Å². The first-order valence-corrected chi connectivity index (χ1v) is 8.46. The molecular formula is C19H24ClFO. The van der Waals surface area contributed by atoms with Crippen molar-refractivity contribution in [3.05, 3.63) is 46.8 Å². The summed E-state index contributed by atoms with van der Waals surface area (Å²) in [5, 5.41) is 0.0930. The van der Waals surface area contributed by atoms with Crippen LogP contribution in [0.25, 0.3) is 5.57 Å². The van der Waals surface area contributed by atoms with E-state index in [2.05, 4.69) is 25.2 Å². The predicted molar refractivity (Wildman–Crippen MR) is 91.9 cm³/mol. The SMILES string of the molecule is CC=CCCC1CC=C(c2ccc(OCC)c(Cl)c2F)CC1. The number of halogens is 2. The molecule has 1 nitrogen and oxygen atoms in total. The average Bonchev–Trinajstić information content (AvgIpc) is 2.53. The number of benzene rings is 1. The van der Waals surface area contributed by atoms with E-state index in [1.165, 1.54) is 6.42 Å². The molecule has 0 radical (unpaired) electrons. The summed E-state index contributed by atoms with van der Waals surface area (Å²) in [6.45, 7) is 4.39. The lowest BCUT2D eigenvalue weighted by Crippen LogP contribution is -2.06. The van der Waals surface area contributed by atoms with E-state index in [4.69, 9.17) is 16.3 Å². The number of rotatable bonds is 6. The lowest BCUT2D eigenvalue weighted by molar-refractivity contribution is 0.338. The summed E-state index contributed by atoms with van der Waals surface area (Å²) in [5.74, 6) is 0.776. The summed E-state index contributed by atoms with van der Waals surface area (Å²) < 4.78 is 19.8. The summed E-state index contributed by atoms with van der Waals surface area (Å²) >= 11 is 6.07. The van der Waals surface area contributed by atoms with Gasteiger partial charge in [-0.05, 0) is 69.6 Å². The second-order valence-electron chi connectivity index (χ2n) is 5.69. The minimum atomic E-state index is -0.355. The zero-order valence-electron chi connectivity index (χ0n) is 13.4. The summed E-state index contributed by atoms with van der Waals surface area (Å²) in [7, 11) is 0. The fraction of sp³-hybridized carbons (Fsp3) is 0.474. The molecule has 0 aromatic heterocycles. The van der Waals surface area contributed by atoms with Crippen molar-refractivity contribution < 1.29 is 9.13 Å². The predicted octanol–water partition coefficient (Wildman–Crippen LogP) is 6.42. The highest BCUT2D eigenvalue weighted by atomic mass is 35.5. The maximum Gasteiger partial charge on any atom is 0.153 e. The minimum Gasteiger partial charge on any atom is -0.492 e. The van der Waals surface area contributed by atoms with Crippen LogP contribution in [0.2, 0.25) is 5.02 Å². The largest absolute Gasteiger partial charge is 0.492 e. The lowest BCUT2D eigenvalue weighted by atomic mass is 9.84. The molecule has 0 fully saturated rings. The van der Waals surface area contributed by atoms with E-state index >= 15 is 0 Å². The monoisotopic (exact) mass is 322 g/mol. The van der Waals surface area contributed by atoms with Crippen molar-refractivity contribution in [2.75, 3.05) is 6.61 Å². The van der Waals surface area contributed by atoms with Crippen molar-refractivity contribution in [3.63, 3.8) is 0 Å². The Morgan fingerprint density at radius 2 is 2.23 bits per heavy atom. The standard InChI is InChI=1S/C19H24ClFO/c1-3-5-6-7-14-8-10-15(11-9-14)16-12-13-17(22-4-2)18(20)19(16)21/h3,5,10,12-14H,4,6-9,11H2,1-2H3. The Hall–Kier alpha value is -1.28. The zero-order chi connectivity index (χ0) is 15.9. The van der Waals surface area contributed by atoms with E-state index in [-0.39, 0.29) is 10.8 Å². The summed E-state index contributed by atoms with van der Waals surface area (Å²) in [4.78, 5) is 0. The minimum absolute atomic E-state index is 0.0930. The van der Waals surface area contributed by atoms with E-state index in [1.807, 2.05) is 6.92 Å². The maximum atomic E-state index is 14.5. The molecule has 1 aliphatic rings. The van der Waals surface area contributed by atoms with Gasteiger partial charge in [0.2, 0.25) is 0 Å². The van der Waals surface area contributed by atoms with Crippen LogP contribution in [-0.2, 0) is 0 Å². The molecule has 0 saturated carbocycles. The van der Waals surface area contributed by atoms with E-state index in [9.17, 15) is 4.39 Å². The third kappa shape index (κ3) is 4.13. The first-order valence-electron chi connectivity index (χ1n) is 8.08. The van der Waals surface area contributed by atoms with E-state index in [0.717, 1.165) is 31.3 Å². The smallest absolute Gasteiger partial charge is 0.153 e. The normalized spacial score (nSPS) is 18.5. The Morgan fingerprint density at radius 3 is 2.86 bits per heavy atom. The van der Waals surface area contributed by atoms with Crippen LogP contribution in [0.3, 0.4) is 0 Å². The van der Waals surface area contributed by atoms with Crippen LogP contribution in [0, 0.1) is 11.7 Å². The molecule has 1 atom stereocenters. The fourth-order valence-electron chi connectivity index (χ4n) is 2.94. The van der Waals surface area contributed by atoms with Gasteiger partial charge in [-0.15, -0.1) is 0 Å². The van der Waals surface area contributed by atoms with Crippen molar-refractivity contribution in [2.24, 2.45) is 5.92 Å². The van der Waals surface area contributed by atoms with E-state index < -0.39 is 0 Å². The number of hydrogen-bond donors (Lipinski definition) is 0. The molecule has 120 valence electrons.